The van der Waals surface area contributed by atoms with Gasteiger partial charge in [0.15, 0.2) is 0 Å². The maximum atomic E-state index is 11.6. The summed E-state index contributed by atoms with van der Waals surface area (Å²) in [6.45, 7) is 4.97. The highest BCUT2D eigenvalue weighted by Gasteiger charge is 2.24. The molecule has 1 amide bonds. The van der Waals surface area contributed by atoms with Gasteiger partial charge in [-0.15, -0.1) is 0 Å². The third kappa shape index (κ3) is 3.36. The molecule has 1 rings (SSSR count). The smallest absolute Gasteiger partial charge is 0.239 e. The highest BCUT2D eigenvalue weighted by atomic mass is 16.2. The Bertz CT molecular complexity index is 305. The molecule has 2 N–H and O–H groups in total. The van der Waals surface area contributed by atoms with E-state index in [1.165, 1.54) is 0 Å². The third-order valence-electron chi connectivity index (χ3n) is 2.38. The lowest BCUT2D eigenvalue weighted by Gasteiger charge is -2.22. The van der Waals surface area contributed by atoms with Crippen molar-refractivity contribution in [1.82, 2.24) is 20.4 Å². The molecular weight excluding hydrogens is 192 g/mol. The van der Waals surface area contributed by atoms with Crippen LogP contribution in [0.3, 0.4) is 0 Å². The summed E-state index contributed by atoms with van der Waals surface area (Å²) in [6, 6.07) is 1.86. The third-order valence-corrected chi connectivity index (χ3v) is 2.38. The molecule has 15 heavy (non-hydrogen) atoms. The Hall–Kier alpha value is -1.36. The average molecular weight is 210 g/mol. The van der Waals surface area contributed by atoms with E-state index in [0.29, 0.717) is 13.1 Å². The van der Waals surface area contributed by atoms with Crippen LogP contribution in [0.25, 0.3) is 0 Å². The van der Waals surface area contributed by atoms with Gasteiger partial charge in [-0.1, -0.05) is 0 Å². The highest BCUT2D eigenvalue weighted by molar-refractivity contribution is 5.85. The van der Waals surface area contributed by atoms with Gasteiger partial charge in [0.05, 0.1) is 12.1 Å². The van der Waals surface area contributed by atoms with Crippen molar-refractivity contribution in [2.75, 3.05) is 13.6 Å². The van der Waals surface area contributed by atoms with Gasteiger partial charge in [0.2, 0.25) is 5.91 Å². The number of nitrogens with zero attached hydrogens (tertiary/aromatic N) is 2. The van der Waals surface area contributed by atoms with Crippen LogP contribution in [0, 0.1) is 0 Å². The summed E-state index contributed by atoms with van der Waals surface area (Å²) < 4.78 is 1.78. The van der Waals surface area contributed by atoms with Crippen molar-refractivity contribution in [3.63, 3.8) is 0 Å². The van der Waals surface area contributed by atoms with E-state index in [2.05, 4.69) is 15.7 Å². The molecule has 0 spiro atoms. The molecule has 0 aromatic carbocycles. The van der Waals surface area contributed by atoms with Crippen LogP contribution in [0.5, 0.6) is 0 Å². The van der Waals surface area contributed by atoms with E-state index in [4.69, 9.17) is 0 Å². The molecule has 0 bridgehead atoms. The fourth-order valence-electron chi connectivity index (χ4n) is 1.05. The summed E-state index contributed by atoms with van der Waals surface area (Å²) in [4.78, 5) is 11.6. The first-order chi connectivity index (χ1) is 7.06. The van der Waals surface area contributed by atoms with E-state index in [9.17, 15) is 4.79 Å². The van der Waals surface area contributed by atoms with Crippen molar-refractivity contribution >= 4 is 5.91 Å². The summed E-state index contributed by atoms with van der Waals surface area (Å²) >= 11 is 0. The molecule has 1 heterocycles. The van der Waals surface area contributed by atoms with E-state index < -0.39 is 5.54 Å². The van der Waals surface area contributed by atoms with Gasteiger partial charge in [-0.05, 0) is 27.0 Å². The van der Waals surface area contributed by atoms with E-state index >= 15 is 0 Å². The molecule has 0 aliphatic heterocycles. The van der Waals surface area contributed by atoms with Crippen LogP contribution in [0.15, 0.2) is 18.5 Å². The number of nitrogens with one attached hydrogen (secondary N) is 2. The first kappa shape index (κ1) is 11.7. The predicted octanol–water partition coefficient (Wildman–Crippen LogP) is -0.00270. The minimum absolute atomic E-state index is 0.00263. The minimum Gasteiger partial charge on any atom is -0.353 e. The summed E-state index contributed by atoms with van der Waals surface area (Å²) in [5.41, 5.74) is -0.524. The first-order valence-corrected chi connectivity index (χ1v) is 5.01. The van der Waals surface area contributed by atoms with Crippen molar-refractivity contribution in [2.24, 2.45) is 0 Å². The van der Waals surface area contributed by atoms with E-state index in [-0.39, 0.29) is 5.91 Å². The van der Waals surface area contributed by atoms with Crippen LogP contribution in [0.4, 0.5) is 0 Å². The lowest BCUT2D eigenvalue weighted by atomic mass is 10.1. The van der Waals surface area contributed by atoms with E-state index in [0.717, 1.165) is 0 Å². The predicted molar refractivity (Wildman–Crippen MR) is 58.4 cm³/mol. The van der Waals surface area contributed by atoms with Crippen LogP contribution in [0.1, 0.15) is 13.8 Å². The molecule has 1 aromatic rings. The largest absolute Gasteiger partial charge is 0.353 e. The number of carbonyl (C=O) groups excluding carboxylic acids is 1. The van der Waals surface area contributed by atoms with Crippen LogP contribution in [-0.2, 0) is 11.3 Å². The standard InChI is InChI=1S/C10H18N4O/c1-10(2,11-3)9(15)12-6-8-14-7-4-5-13-14/h4-5,7,11H,6,8H2,1-3H3,(H,12,15). The van der Waals surface area contributed by atoms with Crippen molar-refractivity contribution in [2.45, 2.75) is 25.9 Å². The Morgan fingerprint density at radius 3 is 2.80 bits per heavy atom. The second-order valence-electron chi connectivity index (χ2n) is 3.90. The van der Waals surface area contributed by atoms with Gasteiger partial charge in [0.25, 0.3) is 0 Å². The molecule has 0 saturated heterocycles. The zero-order chi connectivity index (χ0) is 11.3. The fraction of sp³-hybridized carbons (Fsp3) is 0.600. The van der Waals surface area contributed by atoms with E-state index in [1.54, 1.807) is 17.9 Å². The Morgan fingerprint density at radius 1 is 1.53 bits per heavy atom. The van der Waals surface area contributed by atoms with Crippen LogP contribution < -0.4 is 10.6 Å². The number of amides is 1. The molecule has 0 unspecified atom stereocenters. The number of rotatable bonds is 5. The lowest BCUT2D eigenvalue weighted by molar-refractivity contribution is -0.126. The number of hydrogen-bond donors (Lipinski definition) is 2. The SMILES string of the molecule is CNC(C)(C)C(=O)NCCn1cccn1. The number of likely N-dealkylation sites (N-methyl/N-ethyl adjacent to an activating group) is 1. The molecule has 1 aromatic heterocycles. The zero-order valence-electron chi connectivity index (χ0n) is 9.45. The Balaban J connectivity index is 2.29. The van der Waals surface area contributed by atoms with Crippen molar-refractivity contribution in [3.05, 3.63) is 18.5 Å². The molecule has 5 heteroatoms. The quantitative estimate of drug-likeness (QED) is 0.719. The molecule has 0 fully saturated rings. The average Bonchev–Trinajstić information content (AvgIpc) is 2.70. The van der Waals surface area contributed by atoms with Gasteiger partial charge in [-0.25, -0.2) is 0 Å². The van der Waals surface area contributed by atoms with Gasteiger partial charge in [0.1, 0.15) is 0 Å². The normalized spacial score (nSPS) is 11.4. The Kier molecular flexibility index (Phi) is 3.85. The Labute approximate surface area is 89.9 Å². The van der Waals surface area contributed by atoms with Gasteiger partial charge in [-0.2, -0.15) is 5.10 Å². The molecule has 84 valence electrons. The first-order valence-electron chi connectivity index (χ1n) is 5.01. The topological polar surface area (TPSA) is 59.0 Å². The summed E-state index contributed by atoms with van der Waals surface area (Å²) in [5.74, 6) is -0.00263. The molecule has 0 atom stereocenters. The van der Waals surface area contributed by atoms with Crippen molar-refractivity contribution in [3.8, 4) is 0 Å². The van der Waals surface area contributed by atoms with Gasteiger partial charge >= 0.3 is 0 Å². The molecule has 0 saturated carbocycles. The molecule has 0 aliphatic carbocycles. The van der Waals surface area contributed by atoms with Crippen molar-refractivity contribution in [1.29, 1.82) is 0 Å². The number of aromatic nitrogens is 2. The van der Waals surface area contributed by atoms with Gasteiger partial charge < -0.3 is 10.6 Å². The number of hydrogen-bond acceptors (Lipinski definition) is 3. The molecule has 0 radical (unpaired) electrons. The minimum atomic E-state index is -0.524. The monoisotopic (exact) mass is 210 g/mol. The van der Waals surface area contributed by atoms with Crippen LogP contribution >= 0.6 is 0 Å². The summed E-state index contributed by atoms with van der Waals surface area (Å²) in [6.07, 6.45) is 3.59. The maximum absolute atomic E-state index is 11.6. The molecular formula is C10H18N4O. The van der Waals surface area contributed by atoms with Gasteiger partial charge in [-0.3, -0.25) is 9.48 Å². The summed E-state index contributed by atoms with van der Waals surface area (Å²) in [7, 11) is 1.77. The summed E-state index contributed by atoms with van der Waals surface area (Å²) in [5, 5.41) is 9.85. The lowest BCUT2D eigenvalue weighted by Crippen LogP contribution is -2.51. The molecule has 0 aliphatic rings. The highest BCUT2D eigenvalue weighted by Crippen LogP contribution is 1.99. The van der Waals surface area contributed by atoms with Crippen LogP contribution in [-0.4, -0.2) is 34.8 Å². The van der Waals surface area contributed by atoms with Crippen LogP contribution in [0.2, 0.25) is 0 Å². The van der Waals surface area contributed by atoms with Crippen molar-refractivity contribution < 1.29 is 4.79 Å². The Morgan fingerprint density at radius 2 is 2.27 bits per heavy atom. The second kappa shape index (κ2) is 4.93. The van der Waals surface area contributed by atoms with E-state index in [1.807, 2.05) is 26.1 Å². The second-order valence-corrected chi connectivity index (χ2v) is 3.90. The fourth-order valence-corrected chi connectivity index (χ4v) is 1.05. The zero-order valence-corrected chi connectivity index (χ0v) is 9.45. The maximum Gasteiger partial charge on any atom is 0.239 e. The van der Waals surface area contributed by atoms with Gasteiger partial charge in [0, 0.05) is 18.9 Å². The molecule has 5 nitrogen and oxygen atoms in total. The number of carbonyl (C=O) groups is 1.